The number of sulfone groups is 1. The predicted octanol–water partition coefficient (Wildman–Crippen LogP) is 2.41. The van der Waals surface area contributed by atoms with Crippen LogP contribution in [0, 0.1) is 5.92 Å². The van der Waals surface area contributed by atoms with E-state index in [1.54, 1.807) is 0 Å². The lowest BCUT2D eigenvalue weighted by molar-refractivity contribution is 0.199. The molecule has 24 heavy (non-hydrogen) atoms. The quantitative estimate of drug-likeness (QED) is 0.836. The summed E-state index contributed by atoms with van der Waals surface area (Å²) in [5.41, 5.74) is 1.38. The molecule has 0 bridgehead atoms. The average molecular weight is 351 g/mol. The summed E-state index contributed by atoms with van der Waals surface area (Å²) < 4.78 is 23.2. The van der Waals surface area contributed by atoms with Crippen LogP contribution in [0.5, 0.6) is 0 Å². The molecule has 0 aliphatic carbocycles. The molecule has 2 fully saturated rings. The van der Waals surface area contributed by atoms with Crippen LogP contribution in [0.1, 0.15) is 31.7 Å². The molecule has 2 saturated heterocycles. The van der Waals surface area contributed by atoms with Gasteiger partial charge in [0.25, 0.3) is 0 Å². The molecule has 1 unspecified atom stereocenters. The second-order valence-corrected chi connectivity index (χ2v) is 9.79. The van der Waals surface area contributed by atoms with Crippen molar-refractivity contribution in [2.75, 3.05) is 37.7 Å². The van der Waals surface area contributed by atoms with Gasteiger partial charge in [-0.1, -0.05) is 30.3 Å². The van der Waals surface area contributed by atoms with Crippen LogP contribution in [0.25, 0.3) is 0 Å². The first kappa shape index (κ1) is 17.9. The summed E-state index contributed by atoms with van der Waals surface area (Å²) in [6, 6.07) is 11.3. The Bertz CT molecular complexity index is 604. The van der Waals surface area contributed by atoms with E-state index in [4.69, 9.17) is 0 Å². The fourth-order valence-corrected chi connectivity index (χ4v) is 5.47. The van der Waals surface area contributed by atoms with Gasteiger partial charge in [-0.05, 0) is 44.2 Å². The molecule has 0 N–H and O–H groups in total. The molecule has 5 heteroatoms. The van der Waals surface area contributed by atoms with Gasteiger partial charge in [0.2, 0.25) is 0 Å². The summed E-state index contributed by atoms with van der Waals surface area (Å²) in [6.45, 7) is 7.76. The van der Waals surface area contributed by atoms with Crippen LogP contribution in [0.2, 0.25) is 0 Å². The lowest BCUT2D eigenvalue weighted by Gasteiger charge is -2.29. The van der Waals surface area contributed by atoms with Crippen molar-refractivity contribution in [3.63, 3.8) is 0 Å². The fourth-order valence-electron chi connectivity index (χ4n) is 3.88. The second kappa shape index (κ2) is 7.98. The monoisotopic (exact) mass is 350 g/mol. The van der Waals surface area contributed by atoms with Gasteiger partial charge >= 0.3 is 0 Å². The summed E-state index contributed by atoms with van der Waals surface area (Å²) in [6.07, 6.45) is 2.89. The molecular weight excluding hydrogens is 320 g/mol. The Morgan fingerprint density at radius 1 is 1.00 bits per heavy atom. The molecule has 134 valence electrons. The lowest BCUT2D eigenvalue weighted by Crippen LogP contribution is -2.37. The van der Waals surface area contributed by atoms with E-state index in [2.05, 4.69) is 47.1 Å². The Morgan fingerprint density at radius 2 is 1.71 bits per heavy atom. The highest BCUT2D eigenvalue weighted by Crippen LogP contribution is 2.22. The maximum absolute atomic E-state index is 11.6. The third kappa shape index (κ3) is 5.04. The Labute approximate surface area is 146 Å². The zero-order chi connectivity index (χ0) is 17.0. The zero-order valence-electron chi connectivity index (χ0n) is 14.7. The molecule has 2 aliphatic rings. The van der Waals surface area contributed by atoms with E-state index in [9.17, 15) is 8.42 Å². The first-order valence-corrected chi connectivity index (χ1v) is 11.0. The number of rotatable bonds is 4. The molecule has 0 aromatic heterocycles. The van der Waals surface area contributed by atoms with E-state index in [1.807, 2.05) is 0 Å². The molecule has 1 aromatic rings. The maximum Gasteiger partial charge on any atom is 0.150 e. The first-order valence-electron chi connectivity index (χ1n) is 9.22. The Balaban J connectivity index is 1.51. The van der Waals surface area contributed by atoms with Gasteiger partial charge in [0.1, 0.15) is 9.84 Å². The fraction of sp³-hybridized carbons (Fsp3) is 0.684. The van der Waals surface area contributed by atoms with Crippen molar-refractivity contribution in [1.82, 2.24) is 9.80 Å². The highest BCUT2D eigenvalue weighted by Gasteiger charge is 2.27. The molecule has 4 nitrogen and oxygen atoms in total. The first-order chi connectivity index (χ1) is 11.5. The van der Waals surface area contributed by atoms with Gasteiger partial charge in [-0.25, -0.2) is 8.42 Å². The molecule has 2 aliphatic heterocycles. The van der Waals surface area contributed by atoms with Crippen molar-refractivity contribution >= 4 is 9.84 Å². The minimum atomic E-state index is -2.74. The molecule has 1 aromatic carbocycles. The highest BCUT2D eigenvalue weighted by molar-refractivity contribution is 7.91. The Morgan fingerprint density at radius 3 is 2.42 bits per heavy atom. The third-order valence-electron chi connectivity index (χ3n) is 5.61. The van der Waals surface area contributed by atoms with Gasteiger partial charge in [0.15, 0.2) is 0 Å². The van der Waals surface area contributed by atoms with Gasteiger partial charge in [0.05, 0.1) is 11.5 Å². The highest BCUT2D eigenvalue weighted by atomic mass is 32.2. The summed E-state index contributed by atoms with van der Waals surface area (Å²) >= 11 is 0. The van der Waals surface area contributed by atoms with E-state index >= 15 is 0 Å². The van der Waals surface area contributed by atoms with Crippen LogP contribution in [0.4, 0.5) is 0 Å². The zero-order valence-corrected chi connectivity index (χ0v) is 15.5. The van der Waals surface area contributed by atoms with Crippen LogP contribution >= 0.6 is 0 Å². The van der Waals surface area contributed by atoms with Crippen molar-refractivity contribution in [2.24, 2.45) is 5.92 Å². The van der Waals surface area contributed by atoms with Crippen molar-refractivity contribution < 1.29 is 8.42 Å². The van der Waals surface area contributed by atoms with Gasteiger partial charge in [-0.15, -0.1) is 0 Å². The van der Waals surface area contributed by atoms with Gasteiger partial charge in [-0.3, -0.25) is 4.90 Å². The minimum absolute atomic E-state index is 0.391. The van der Waals surface area contributed by atoms with Crippen LogP contribution in [-0.4, -0.2) is 61.9 Å². The maximum atomic E-state index is 11.6. The molecular formula is C19H30N2O2S. The van der Waals surface area contributed by atoms with E-state index in [-0.39, 0.29) is 0 Å². The van der Waals surface area contributed by atoms with Crippen molar-refractivity contribution in [3.05, 3.63) is 35.9 Å². The topological polar surface area (TPSA) is 40.6 Å². The summed E-state index contributed by atoms with van der Waals surface area (Å²) in [4.78, 5) is 5.14. The number of benzene rings is 1. The Hall–Kier alpha value is -0.910. The van der Waals surface area contributed by atoms with Crippen LogP contribution in [0.3, 0.4) is 0 Å². The minimum Gasteiger partial charge on any atom is -0.302 e. The SMILES string of the molecule is CC1CCN(CC2CCS(=O)(=O)CC2)CCN1Cc1ccccc1. The van der Waals surface area contributed by atoms with E-state index in [0.717, 1.165) is 45.6 Å². The summed E-state index contributed by atoms with van der Waals surface area (Å²) in [5, 5.41) is 0. The molecule has 2 heterocycles. The Kier molecular flexibility index (Phi) is 5.95. The van der Waals surface area contributed by atoms with Crippen molar-refractivity contribution in [2.45, 2.75) is 38.8 Å². The molecule has 0 radical (unpaired) electrons. The third-order valence-corrected chi connectivity index (χ3v) is 7.32. The smallest absolute Gasteiger partial charge is 0.150 e. The van der Waals surface area contributed by atoms with Gasteiger partial charge in [0, 0.05) is 32.2 Å². The van der Waals surface area contributed by atoms with Crippen molar-refractivity contribution in [1.29, 1.82) is 0 Å². The van der Waals surface area contributed by atoms with Crippen LogP contribution in [0.15, 0.2) is 30.3 Å². The number of hydrogen-bond donors (Lipinski definition) is 0. The predicted molar refractivity (Wildman–Crippen MR) is 98.7 cm³/mol. The van der Waals surface area contributed by atoms with E-state index in [1.165, 1.54) is 12.0 Å². The van der Waals surface area contributed by atoms with Crippen LogP contribution < -0.4 is 0 Å². The summed E-state index contributed by atoms with van der Waals surface area (Å²) in [7, 11) is -2.74. The number of hydrogen-bond acceptors (Lipinski definition) is 4. The van der Waals surface area contributed by atoms with Crippen LogP contribution in [-0.2, 0) is 16.4 Å². The standard InChI is InChI=1S/C19H30N2O2S/c1-17-7-10-20(15-19-8-13-24(22,23)14-9-19)11-12-21(17)16-18-5-3-2-4-6-18/h2-6,17,19H,7-16H2,1H3. The summed E-state index contributed by atoms with van der Waals surface area (Å²) in [5.74, 6) is 1.34. The molecule has 3 rings (SSSR count). The largest absolute Gasteiger partial charge is 0.302 e. The van der Waals surface area contributed by atoms with Gasteiger partial charge < -0.3 is 4.90 Å². The average Bonchev–Trinajstić information content (AvgIpc) is 2.74. The lowest BCUT2D eigenvalue weighted by atomic mass is 10.0. The second-order valence-electron chi connectivity index (χ2n) is 7.49. The molecule has 1 atom stereocenters. The van der Waals surface area contributed by atoms with E-state index < -0.39 is 9.84 Å². The molecule has 0 saturated carbocycles. The van der Waals surface area contributed by atoms with Gasteiger partial charge in [-0.2, -0.15) is 0 Å². The normalized spacial score (nSPS) is 27.0. The number of nitrogens with zero attached hydrogens (tertiary/aromatic N) is 2. The van der Waals surface area contributed by atoms with E-state index in [0.29, 0.717) is 23.5 Å². The van der Waals surface area contributed by atoms with Crippen molar-refractivity contribution in [3.8, 4) is 0 Å². The molecule has 0 spiro atoms. The molecule has 0 amide bonds.